The summed E-state index contributed by atoms with van der Waals surface area (Å²) in [4.78, 5) is 41.9. The number of ether oxygens (including phenoxy) is 1. The first-order chi connectivity index (χ1) is 17.4. The molecule has 0 saturated carbocycles. The van der Waals surface area contributed by atoms with Crippen molar-refractivity contribution in [2.45, 2.75) is 84.5 Å². The fourth-order valence-electron chi connectivity index (χ4n) is 3.93. The summed E-state index contributed by atoms with van der Waals surface area (Å²) in [5.74, 6) is -0.772. The lowest BCUT2D eigenvalue weighted by atomic mass is 9.99. The van der Waals surface area contributed by atoms with Crippen LogP contribution in [0.1, 0.15) is 71.6 Å². The molecular weight excluding hydrogens is 470 g/mol. The fourth-order valence-corrected chi connectivity index (χ4v) is 3.93. The van der Waals surface area contributed by atoms with Gasteiger partial charge in [-0.1, -0.05) is 55.8 Å². The van der Waals surface area contributed by atoms with Gasteiger partial charge in [-0.25, -0.2) is 4.79 Å². The molecule has 8 heteroatoms. The number of phenols is 1. The highest BCUT2D eigenvalue weighted by Crippen LogP contribution is 2.26. The molecule has 0 aliphatic heterocycles. The molecule has 8 nitrogen and oxygen atoms in total. The summed E-state index contributed by atoms with van der Waals surface area (Å²) in [7, 11) is 0. The van der Waals surface area contributed by atoms with Crippen LogP contribution in [0, 0.1) is 0 Å². The lowest BCUT2D eigenvalue weighted by molar-refractivity contribution is -0.142. The number of carbonyl (C=O) groups excluding carboxylic acids is 3. The van der Waals surface area contributed by atoms with E-state index in [9.17, 15) is 19.5 Å². The Balaban J connectivity index is 2.53. The second kappa shape index (κ2) is 13.7. The van der Waals surface area contributed by atoms with Crippen LogP contribution in [0.15, 0.2) is 54.6 Å². The second-order valence-electron chi connectivity index (χ2n) is 10.4. The van der Waals surface area contributed by atoms with Crippen molar-refractivity contribution in [3.63, 3.8) is 0 Å². The van der Waals surface area contributed by atoms with Crippen LogP contribution >= 0.6 is 0 Å². The predicted octanol–water partition coefficient (Wildman–Crippen LogP) is 4.72. The molecule has 3 N–H and O–H groups in total. The van der Waals surface area contributed by atoms with Crippen LogP contribution in [-0.4, -0.2) is 52.1 Å². The minimum atomic E-state index is -0.993. The monoisotopic (exact) mass is 511 g/mol. The number of amides is 3. The molecule has 0 fully saturated rings. The lowest BCUT2D eigenvalue weighted by Gasteiger charge is -2.35. The van der Waals surface area contributed by atoms with Crippen LogP contribution in [0.3, 0.4) is 0 Å². The van der Waals surface area contributed by atoms with Gasteiger partial charge in [0.1, 0.15) is 23.4 Å². The fraction of sp³-hybridized carbons (Fsp3) is 0.483. The zero-order valence-corrected chi connectivity index (χ0v) is 22.8. The van der Waals surface area contributed by atoms with E-state index in [4.69, 9.17) is 4.74 Å². The van der Waals surface area contributed by atoms with E-state index in [-0.39, 0.29) is 24.1 Å². The molecule has 2 atom stereocenters. The van der Waals surface area contributed by atoms with Crippen molar-refractivity contribution in [1.29, 1.82) is 0 Å². The minimum Gasteiger partial charge on any atom is -0.508 e. The number of alkyl carbamates (subject to hydrolysis) is 1. The number of rotatable bonds is 11. The van der Waals surface area contributed by atoms with Gasteiger partial charge in [0.25, 0.3) is 0 Å². The molecule has 2 unspecified atom stereocenters. The van der Waals surface area contributed by atoms with Gasteiger partial charge < -0.3 is 25.4 Å². The number of benzene rings is 2. The molecule has 0 radical (unpaired) electrons. The molecule has 0 aliphatic carbocycles. The maximum atomic E-state index is 14.2. The molecule has 2 aromatic rings. The second-order valence-corrected chi connectivity index (χ2v) is 10.4. The van der Waals surface area contributed by atoms with Crippen LogP contribution in [0.25, 0.3) is 0 Å². The van der Waals surface area contributed by atoms with Crippen molar-refractivity contribution in [3.05, 3.63) is 65.7 Å². The molecule has 2 aromatic carbocycles. The van der Waals surface area contributed by atoms with Gasteiger partial charge >= 0.3 is 6.09 Å². The Bertz CT molecular complexity index is 1030. The number of aromatic hydroxyl groups is 1. The van der Waals surface area contributed by atoms with Gasteiger partial charge in [-0.2, -0.15) is 0 Å². The van der Waals surface area contributed by atoms with Crippen molar-refractivity contribution in [2.75, 3.05) is 6.54 Å². The summed E-state index contributed by atoms with van der Waals surface area (Å²) in [5, 5.41) is 15.8. The largest absolute Gasteiger partial charge is 0.508 e. The Morgan fingerprint density at radius 2 is 1.68 bits per heavy atom. The third kappa shape index (κ3) is 9.79. The molecule has 0 heterocycles. The maximum Gasteiger partial charge on any atom is 0.408 e. The third-order valence-electron chi connectivity index (χ3n) is 5.48. The quantitative estimate of drug-likeness (QED) is 0.405. The summed E-state index contributed by atoms with van der Waals surface area (Å²) in [5.41, 5.74) is 0.597. The van der Waals surface area contributed by atoms with Gasteiger partial charge in [-0.05, 0) is 64.3 Å². The Morgan fingerprint density at radius 1 is 1.00 bits per heavy atom. The van der Waals surface area contributed by atoms with Gasteiger partial charge in [0.05, 0.1) is 0 Å². The van der Waals surface area contributed by atoms with Gasteiger partial charge in [0.2, 0.25) is 11.8 Å². The average molecular weight is 512 g/mol. The lowest BCUT2D eigenvalue weighted by Crippen LogP contribution is -2.54. The van der Waals surface area contributed by atoms with E-state index in [2.05, 4.69) is 10.6 Å². The van der Waals surface area contributed by atoms with Gasteiger partial charge in [-0.3, -0.25) is 9.59 Å². The summed E-state index contributed by atoms with van der Waals surface area (Å²) in [6.45, 7) is 11.2. The number of hydrogen-bond acceptors (Lipinski definition) is 5. The van der Waals surface area contributed by atoms with E-state index >= 15 is 0 Å². The standard InChI is InChI=1S/C29H41N3O5/c1-7-8-17-32(25(26(34)30-20(2)3)22-15-12-16-23(33)19-22)27(35)24(18-21-13-10-9-11-14-21)31-28(36)37-29(4,5)6/h9-16,19-20,24-25,33H,7-8,17-18H2,1-6H3,(H,30,34)(H,31,36). The van der Waals surface area contributed by atoms with Crippen molar-refractivity contribution < 1.29 is 24.2 Å². The van der Waals surface area contributed by atoms with Crippen molar-refractivity contribution in [2.24, 2.45) is 0 Å². The maximum absolute atomic E-state index is 14.2. The summed E-state index contributed by atoms with van der Waals surface area (Å²) in [6.07, 6.45) is 0.962. The first-order valence-electron chi connectivity index (χ1n) is 12.8. The molecule has 2 rings (SSSR count). The molecule has 0 saturated heterocycles. The van der Waals surface area contributed by atoms with Crippen molar-refractivity contribution in [3.8, 4) is 5.75 Å². The summed E-state index contributed by atoms with van der Waals surface area (Å²) in [6, 6.07) is 13.6. The number of unbranched alkanes of at least 4 members (excludes halogenated alkanes) is 1. The van der Waals surface area contributed by atoms with E-state index in [1.54, 1.807) is 32.9 Å². The van der Waals surface area contributed by atoms with Crippen LogP contribution in [0.4, 0.5) is 4.79 Å². The highest BCUT2D eigenvalue weighted by Gasteiger charge is 2.36. The molecule has 3 amide bonds. The molecule has 0 aliphatic rings. The first kappa shape index (κ1) is 29.7. The molecule has 37 heavy (non-hydrogen) atoms. The number of nitrogens with one attached hydrogen (secondary N) is 2. The molecular formula is C29H41N3O5. The number of carbonyl (C=O) groups is 3. The third-order valence-corrected chi connectivity index (χ3v) is 5.48. The number of hydrogen-bond donors (Lipinski definition) is 3. The smallest absolute Gasteiger partial charge is 0.408 e. The molecule has 202 valence electrons. The topological polar surface area (TPSA) is 108 Å². The van der Waals surface area contributed by atoms with E-state index in [1.807, 2.05) is 51.1 Å². The van der Waals surface area contributed by atoms with Crippen LogP contribution < -0.4 is 10.6 Å². The molecule has 0 spiro atoms. The Labute approximate surface area is 220 Å². The SMILES string of the molecule is CCCCN(C(=O)C(Cc1ccccc1)NC(=O)OC(C)(C)C)C(C(=O)NC(C)C)c1cccc(O)c1. The van der Waals surface area contributed by atoms with Gasteiger partial charge in [0.15, 0.2) is 0 Å². The number of phenolic OH excluding ortho intramolecular Hbond substituents is 1. The van der Waals surface area contributed by atoms with Gasteiger partial charge in [0, 0.05) is 19.0 Å². The van der Waals surface area contributed by atoms with Crippen LogP contribution in [0.2, 0.25) is 0 Å². The normalized spacial score (nSPS) is 12.9. The highest BCUT2D eigenvalue weighted by atomic mass is 16.6. The van der Waals surface area contributed by atoms with E-state index in [0.29, 0.717) is 18.5 Å². The first-order valence-corrected chi connectivity index (χ1v) is 12.8. The summed E-state index contributed by atoms with van der Waals surface area (Å²) < 4.78 is 5.44. The summed E-state index contributed by atoms with van der Waals surface area (Å²) >= 11 is 0. The number of nitrogens with zero attached hydrogens (tertiary/aromatic N) is 1. The minimum absolute atomic E-state index is 0.00421. The average Bonchev–Trinajstić information content (AvgIpc) is 2.79. The van der Waals surface area contributed by atoms with Crippen LogP contribution in [-0.2, 0) is 20.7 Å². The zero-order chi connectivity index (χ0) is 27.6. The van der Waals surface area contributed by atoms with Crippen molar-refractivity contribution >= 4 is 17.9 Å². The highest BCUT2D eigenvalue weighted by molar-refractivity contribution is 5.92. The Morgan fingerprint density at radius 3 is 2.24 bits per heavy atom. The van der Waals surface area contributed by atoms with Crippen molar-refractivity contribution in [1.82, 2.24) is 15.5 Å². The van der Waals surface area contributed by atoms with Gasteiger partial charge in [-0.15, -0.1) is 0 Å². The predicted molar refractivity (Wildman–Crippen MR) is 144 cm³/mol. The molecule has 0 bridgehead atoms. The van der Waals surface area contributed by atoms with E-state index in [0.717, 1.165) is 12.0 Å². The Hall–Kier alpha value is -3.55. The Kier molecular flexibility index (Phi) is 11.0. The zero-order valence-electron chi connectivity index (χ0n) is 22.8. The van der Waals surface area contributed by atoms with E-state index < -0.39 is 29.7 Å². The van der Waals surface area contributed by atoms with E-state index in [1.165, 1.54) is 17.0 Å². The van der Waals surface area contributed by atoms with Crippen LogP contribution in [0.5, 0.6) is 5.75 Å². The molecule has 0 aromatic heterocycles.